The predicted octanol–water partition coefficient (Wildman–Crippen LogP) is -2.84. The zero-order valence-corrected chi connectivity index (χ0v) is 47.8. The molecule has 0 unspecified atom stereocenters. The number of hydrogen-bond acceptors (Lipinski definition) is 18. The van der Waals surface area contributed by atoms with Crippen LogP contribution in [0.5, 0.6) is 0 Å². The van der Waals surface area contributed by atoms with E-state index in [2.05, 4.69) is 21.3 Å². The number of benzene rings is 2. The summed E-state index contributed by atoms with van der Waals surface area (Å²) in [6, 6.07) is 0. The fourth-order valence-corrected chi connectivity index (χ4v) is 14.5. The topological polar surface area (TPSA) is 400 Å². The molecule has 30 heteroatoms. The van der Waals surface area contributed by atoms with Crippen molar-refractivity contribution in [3.05, 3.63) is 32.5 Å². The van der Waals surface area contributed by atoms with Crippen LogP contribution in [0.1, 0.15) is 34.6 Å². The SMILES string of the molecule is CNC(=O)c1c(I)c(NC(=O)[C@H](O)[C@@H](O)[C@H](O)[C@H](O)CO)c(I)c(N(CCO)C(C)=O)c1I.CNC(=O)c1c(I)c(NC(=O)[C@H](O)[C@@H](O)[C@H](O)[C@H](O)CO)c(I)c(N(CCO)C(C)=O)c1I. The Morgan fingerprint density at radius 3 is 1.00 bits per heavy atom. The van der Waals surface area contributed by atoms with Gasteiger partial charge in [-0.2, -0.15) is 0 Å². The number of carbonyl (C=O) groups is 6. The number of amides is 6. The summed E-state index contributed by atoms with van der Waals surface area (Å²) in [6.07, 6.45) is -16.3. The third-order valence-electron chi connectivity index (χ3n) is 8.99. The minimum absolute atomic E-state index is 0.0443. The number of nitrogens with zero attached hydrogens (tertiary/aromatic N) is 2. The lowest BCUT2D eigenvalue weighted by atomic mass is 10.0. The predicted molar refractivity (Wildman–Crippen MR) is 286 cm³/mol. The first-order chi connectivity index (χ1) is 30.7. The van der Waals surface area contributed by atoms with E-state index in [1.54, 1.807) is 0 Å². The number of rotatable bonds is 20. The van der Waals surface area contributed by atoms with Gasteiger partial charge in [0.05, 0.1) is 81.7 Å². The summed E-state index contributed by atoms with van der Waals surface area (Å²) in [7, 11) is 2.80. The smallest absolute Gasteiger partial charge is 0.256 e. The maximum Gasteiger partial charge on any atom is 0.256 e. The van der Waals surface area contributed by atoms with Crippen LogP contribution in [-0.2, 0) is 19.2 Å². The van der Waals surface area contributed by atoms with Crippen molar-refractivity contribution in [2.24, 2.45) is 0 Å². The molecule has 0 aromatic heterocycles. The monoisotopic (exact) mass is 1610 g/mol. The lowest BCUT2D eigenvalue weighted by Crippen LogP contribution is -2.50. The van der Waals surface area contributed by atoms with E-state index in [9.17, 15) is 79.8 Å². The van der Waals surface area contributed by atoms with Crippen LogP contribution in [0.3, 0.4) is 0 Å². The van der Waals surface area contributed by atoms with E-state index in [1.807, 2.05) is 136 Å². The van der Waals surface area contributed by atoms with Crippen molar-refractivity contribution >= 4 is 194 Å². The molecular formula is C36H48I6N6O18. The summed E-state index contributed by atoms with van der Waals surface area (Å²) in [5.41, 5.74) is 0.833. The second-order valence-corrected chi connectivity index (χ2v) is 19.8. The van der Waals surface area contributed by atoms with Crippen LogP contribution in [0.2, 0.25) is 0 Å². The van der Waals surface area contributed by atoms with Gasteiger partial charge in [0.1, 0.15) is 36.6 Å². The van der Waals surface area contributed by atoms with Gasteiger partial charge < -0.3 is 92.3 Å². The first-order valence-corrected chi connectivity index (χ1v) is 25.1. The molecule has 2 aromatic carbocycles. The summed E-state index contributed by atoms with van der Waals surface area (Å²) in [5.74, 6) is -4.25. The highest BCUT2D eigenvalue weighted by molar-refractivity contribution is 14.1. The molecule has 0 bridgehead atoms. The van der Waals surface area contributed by atoms with Gasteiger partial charge in [-0.1, -0.05) is 0 Å². The first-order valence-electron chi connectivity index (χ1n) is 18.6. The Kier molecular flexibility index (Phi) is 28.2. The molecule has 6 amide bonds. The molecule has 0 heterocycles. The van der Waals surface area contributed by atoms with Gasteiger partial charge in [0.25, 0.3) is 23.6 Å². The van der Waals surface area contributed by atoms with Gasteiger partial charge in [0, 0.05) is 41.0 Å². The van der Waals surface area contributed by atoms with Gasteiger partial charge in [0.15, 0.2) is 12.2 Å². The molecule has 2 rings (SSSR count). The summed E-state index contributed by atoms with van der Waals surface area (Å²) >= 11 is 11.1. The number of hydrogen-bond donors (Lipinski definition) is 16. The Morgan fingerprint density at radius 2 is 0.773 bits per heavy atom. The molecule has 66 heavy (non-hydrogen) atoms. The fraction of sp³-hybridized carbons (Fsp3) is 0.500. The quantitative estimate of drug-likeness (QED) is 0.0594. The first kappa shape index (κ1) is 63.2. The largest absolute Gasteiger partial charge is 0.395 e. The number of carbonyl (C=O) groups excluding carboxylic acids is 6. The van der Waals surface area contributed by atoms with Crippen LogP contribution in [0, 0.1) is 21.4 Å². The summed E-state index contributed by atoms with van der Waals surface area (Å²) in [5, 5.41) is 125. The van der Waals surface area contributed by atoms with Crippen LogP contribution >= 0.6 is 136 Å². The lowest BCUT2D eigenvalue weighted by molar-refractivity contribution is -0.144. The van der Waals surface area contributed by atoms with Crippen molar-refractivity contribution in [1.29, 1.82) is 0 Å². The average Bonchev–Trinajstić information content (AvgIpc) is 3.28. The van der Waals surface area contributed by atoms with Crippen LogP contribution < -0.4 is 31.1 Å². The Bertz CT molecular complexity index is 1950. The number of halogens is 6. The summed E-state index contributed by atoms with van der Waals surface area (Å²) in [6.45, 7) is -0.204. The molecule has 2 aromatic rings. The van der Waals surface area contributed by atoms with E-state index in [0.29, 0.717) is 14.3 Å². The third kappa shape index (κ3) is 15.6. The summed E-state index contributed by atoms with van der Waals surface area (Å²) < 4.78 is 1.91. The number of nitrogens with one attached hydrogen (secondary N) is 4. The van der Waals surface area contributed by atoms with E-state index >= 15 is 0 Å². The molecule has 0 spiro atoms. The molecule has 0 aliphatic heterocycles. The standard InChI is InChI=1S/2C18H24I3N3O9/c2*1-6(27)24(3-4-25)13-10(20)8(17(32)22-2)9(19)12(11(13)21)23-18(33)16(31)15(30)14(29)7(28)5-26/h2*7,14-16,25-26,28-31H,3-5H2,1-2H3,(H,22,32)(H,23,33)/t2*7-,14-,15+,16-/m11/s1. The number of anilines is 4. The highest BCUT2D eigenvalue weighted by atomic mass is 127. The molecule has 16 N–H and O–H groups in total. The third-order valence-corrected chi connectivity index (χ3v) is 15.3. The second-order valence-electron chi connectivity index (χ2n) is 13.4. The molecular weight excluding hydrogens is 1570 g/mol. The van der Waals surface area contributed by atoms with E-state index in [4.69, 9.17) is 10.2 Å². The van der Waals surface area contributed by atoms with Gasteiger partial charge >= 0.3 is 0 Å². The van der Waals surface area contributed by atoms with Gasteiger partial charge in [-0.3, -0.25) is 28.8 Å². The van der Waals surface area contributed by atoms with Crippen molar-refractivity contribution in [3.63, 3.8) is 0 Å². The van der Waals surface area contributed by atoms with E-state index < -0.39 is 97.5 Å². The molecule has 0 radical (unpaired) electrons. The molecule has 0 aliphatic rings. The molecule has 0 aliphatic carbocycles. The van der Waals surface area contributed by atoms with Crippen LogP contribution in [-0.4, -0.2) is 199 Å². The van der Waals surface area contributed by atoms with Crippen LogP contribution in [0.15, 0.2) is 0 Å². The van der Waals surface area contributed by atoms with Crippen molar-refractivity contribution in [2.75, 3.05) is 74.0 Å². The minimum atomic E-state index is -2.21. The van der Waals surface area contributed by atoms with E-state index in [0.717, 1.165) is 0 Å². The molecule has 372 valence electrons. The number of aliphatic hydroxyl groups is 12. The highest BCUT2D eigenvalue weighted by Gasteiger charge is 2.38. The van der Waals surface area contributed by atoms with Gasteiger partial charge in [-0.25, -0.2) is 0 Å². The van der Waals surface area contributed by atoms with Crippen molar-refractivity contribution in [2.45, 2.75) is 62.7 Å². The fourth-order valence-electron chi connectivity index (χ4n) is 5.45. The van der Waals surface area contributed by atoms with Gasteiger partial charge in [-0.15, -0.1) is 0 Å². The second kappa shape index (κ2) is 29.5. The molecule has 8 atom stereocenters. The Hall–Kier alpha value is -0.840. The molecule has 0 fully saturated rings. The minimum Gasteiger partial charge on any atom is -0.395 e. The zero-order chi connectivity index (χ0) is 51.2. The summed E-state index contributed by atoms with van der Waals surface area (Å²) in [4.78, 5) is 77.4. The Morgan fingerprint density at radius 1 is 0.485 bits per heavy atom. The Balaban J connectivity index is 0.000000660. The van der Waals surface area contributed by atoms with Crippen LogP contribution in [0.25, 0.3) is 0 Å². The maximum absolute atomic E-state index is 12.6. The highest BCUT2D eigenvalue weighted by Crippen LogP contribution is 2.42. The zero-order valence-electron chi connectivity index (χ0n) is 34.8. The average molecular weight is 1610 g/mol. The normalized spacial score (nSPS) is 14.8. The van der Waals surface area contributed by atoms with Crippen molar-refractivity contribution in [3.8, 4) is 0 Å². The van der Waals surface area contributed by atoms with E-state index in [-0.39, 0.29) is 67.3 Å². The van der Waals surface area contributed by atoms with Gasteiger partial charge in [-0.05, 0) is 136 Å². The number of aliphatic hydroxyl groups excluding tert-OH is 12. The van der Waals surface area contributed by atoms with Crippen molar-refractivity contribution < 1.29 is 90.0 Å². The van der Waals surface area contributed by atoms with Crippen LogP contribution in [0.4, 0.5) is 22.7 Å². The Labute approximate surface area is 458 Å². The van der Waals surface area contributed by atoms with Gasteiger partial charge in [0.2, 0.25) is 11.8 Å². The molecule has 0 saturated carbocycles. The van der Waals surface area contributed by atoms with E-state index in [1.165, 1.54) is 37.7 Å². The molecule has 24 nitrogen and oxygen atoms in total. The lowest BCUT2D eigenvalue weighted by Gasteiger charge is -2.28. The van der Waals surface area contributed by atoms with Crippen molar-refractivity contribution in [1.82, 2.24) is 10.6 Å². The molecule has 0 saturated heterocycles. The maximum atomic E-state index is 12.6.